The van der Waals surface area contributed by atoms with Crippen LogP contribution in [-0.4, -0.2) is 29.7 Å². The fraction of sp³-hybridized carbons (Fsp3) is 0.0833. The zero-order chi connectivity index (χ0) is 15.5. The third-order valence-electron chi connectivity index (χ3n) is 2.55. The highest BCUT2D eigenvalue weighted by Crippen LogP contribution is 2.20. The molecule has 7 nitrogen and oxygen atoms in total. The Hall–Kier alpha value is -2.03. The highest BCUT2D eigenvalue weighted by Gasteiger charge is 2.17. The maximum Gasteiger partial charge on any atom is 0.337 e. The maximum absolute atomic E-state index is 12.1. The first-order valence-corrected chi connectivity index (χ1v) is 7.55. The van der Waals surface area contributed by atoms with Gasteiger partial charge in [0, 0.05) is 6.20 Å². The van der Waals surface area contributed by atoms with E-state index in [1.54, 1.807) is 12.1 Å². The molecule has 0 saturated carbocycles. The minimum atomic E-state index is -3.82. The number of carboxylic acid groups (broad SMARTS) is 1. The van der Waals surface area contributed by atoms with Gasteiger partial charge < -0.3 is 5.11 Å². The Morgan fingerprint density at radius 3 is 2.67 bits per heavy atom. The van der Waals surface area contributed by atoms with Crippen molar-refractivity contribution in [2.45, 2.75) is 11.4 Å². The Morgan fingerprint density at radius 1 is 1.33 bits per heavy atom. The van der Waals surface area contributed by atoms with Crippen LogP contribution in [0.1, 0.15) is 16.1 Å². The van der Waals surface area contributed by atoms with Gasteiger partial charge in [0.05, 0.1) is 27.7 Å². The Bertz CT molecular complexity index is 765. The number of carbonyl (C=O) groups is 1. The molecule has 9 heteroatoms. The van der Waals surface area contributed by atoms with Crippen LogP contribution in [0.3, 0.4) is 0 Å². The first-order valence-electron chi connectivity index (χ1n) is 5.69. The monoisotopic (exact) mass is 327 g/mol. The second kappa shape index (κ2) is 6.17. The third-order valence-corrected chi connectivity index (χ3v) is 4.26. The SMILES string of the molecule is O=C(O)c1ccc(S(=O)(=O)NCc2cccnn2)cc1Cl. The summed E-state index contributed by atoms with van der Waals surface area (Å²) in [6.07, 6.45) is 1.47. The highest BCUT2D eigenvalue weighted by atomic mass is 35.5. The molecule has 2 rings (SSSR count). The van der Waals surface area contributed by atoms with Crippen molar-refractivity contribution in [1.29, 1.82) is 0 Å². The smallest absolute Gasteiger partial charge is 0.337 e. The maximum atomic E-state index is 12.1. The molecule has 21 heavy (non-hydrogen) atoms. The van der Waals surface area contributed by atoms with Crippen LogP contribution in [0.25, 0.3) is 0 Å². The summed E-state index contributed by atoms with van der Waals surface area (Å²) in [5.41, 5.74) is 0.291. The number of nitrogens with zero attached hydrogens (tertiary/aromatic N) is 2. The van der Waals surface area contributed by atoms with Gasteiger partial charge >= 0.3 is 5.97 Å². The second-order valence-corrected chi connectivity index (χ2v) is 6.16. The van der Waals surface area contributed by atoms with Crippen LogP contribution in [0.4, 0.5) is 0 Å². The van der Waals surface area contributed by atoms with E-state index in [-0.39, 0.29) is 22.0 Å². The van der Waals surface area contributed by atoms with Gasteiger partial charge in [0.15, 0.2) is 0 Å². The molecule has 0 fully saturated rings. The Labute approximate surface area is 125 Å². The average Bonchev–Trinajstić information content (AvgIpc) is 2.46. The van der Waals surface area contributed by atoms with Crippen LogP contribution in [0.15, 0.2) is 41.4 Å². The molecule has 0 saturated heterocycles. The molecular weight excluding hydrogens is 318 g/mol. The van der Waals surface area contributed by atoms with Crippen LogP contribution >= 0.6 is 11.6 Å². The van der Waals surface area contributed by atoms with Crippen LogP contribution in [0.5, 0.6) is 0 Å². The molecule has 0 spiro atoms. The molecule has 2 N–H and O–H groups in total. The molecule has 0 aliphatic heterocycles. The molecule has 0 unspecified atom stereocenters. The molecular formula is C12H10ClN3O4S. The number of nitrogens with one attached hydrogen (secondary N) is 1. The first kappa shape index (κ1) is 15.4. The van der Waals surface area contributed by atoms with Crippen molar-refractivity contribution in [2.24, 2.45) is 0 Å². The van der Waals surface area contributed by atoms with Crippen LogP contribution in [-0.2, 0) is 16.6 Å². The minimum Gasteiger partial charge on any atom is -0.478 e. The zero-order valence-electron chi connectivity index (χ0n) is 10.5. The topological polar surface area (TPSA) is 109 Å². The van der Waals surface area contributed by atoms with Crippen LogP contribution in [0.2, 0.25) is 5.02 Å². The van der Waals surface area contributed by atoms with Crippen molar-refractivity contribution >= 4 is 27.6 Å². The van der Waals surface area contributed by atoms with E-state index in [1.165, 1.54) is 12.3 Å². The lowest BCUT2D eigenvalue weighted by Crippen LogP contribution is -2.24. The van der Waals surface area contributed by atoms with E-state index in [0.717, 1.165) is 12.1 Å². The molecule has 1 aromatic heterocycles. The molecule has 0 atom stereocenters. The first-order chi connectivity index (χ1) is 9.90. The van der Waals surface area contributed by atoms with Crippen molar-refractivity contribution < 1.29 is 18.3 Å². The van der Waals surface area contributed by atoms with E-state index < -0.39 is 16.0 Å². The lowest BCUT2D eigenvalue weighted by Gasteiger charge is -2.07. The average molecular weight is 328 g/mol. The van der Waals surface area contributed by atoms with E-state index >= 15 is 0 Å². The Morgan fingerprint density at radius 2 is 2.10 bits per heavy atom. The van der Waals surface area contributed by atoms with Crippen molar-refractivity contribution in [3.8, 4) is 0 Å². The van der Waals surface area contributed by atoms with Crippen LogP contribution < -0.4 is 4.72 Å². The lowest BCUT2D eigenvalue weighted by molar-refractivity contribution is 0.0697. The summed E-state index contributed by atoms with van der Waals surface area (Å²) in [5, 5.41) is 16.1. The summed E-state index contributed by atoms with van der Waals surface area (Å²) in [7, 11) is -3.82. The van der Waals surface area contributed by atoms with Gasteiger partial charge in [-0.3, -0.25) is 0 Å². The van der Waals surface area contributed by atoms with E-state index in [1.807, 2.05) is 0 Å². The molecule has 1 heterocycles. The van der Waals surface area contributed by atoms with E-state index in [9.17, 15) is 13.2 Å². The number of rotatable bonds is 5. The van der Waals surface area contributed by atoms with Crippen LogP contribution in [0, 0.1) is 0 Å². The van der Waals surface area contributed by atoms with Gasteiger partial charge in [-0.2, -0.15) is 10.2 Å². The van der Waals surface area contributed by atoms with Gasteiger partial charge in [-0.15, -0.1) is 0 Å². The van der Waals surface area contributed by atoms with Gasteiger partial charge in [0.25, 0.3) is 0 Å². The Balaban J connectivity index is 2.20. The number of hydrogen-bond donors (Lipinski definition) is 2. The van der Waals surface area contributed by atoms with E-state index in [2.05, 4.69) is 14.9 Å². The summed E-state index contributed by atoms with van der Waals surface area (Å²) in [4.78, 5) is 10.7. The predicted octanol–water partition coefficient (Wildman–Crippen LogP) is 1.31. The summed E-state index contributed by atoms with van der Waals surface area (Å²) in [6, 6.07) is 6.66. The van der Waals surface area contributed by atoms with E-state index in [0.29, 0.717) is 5.69 Å². The number of benzene rings is 1. The summed E-state index contributed by atoms with van der Waals surface area (Å²) in [6.45, 7) is -0.0333. The van der Waals surface area contributed by atoms with Gasteiger partial charge in [-0.25, -0.2) is 17.9 Å². The molecule has 0 amide bonds. The molecule has 0 bridgehead atoms. The standard InChI is InChI=1S/C12H10ClN3O4S/c13-11-6-9(3-4-10(11)12(17)18)21(19,20)15-7-8-2-1-5-14-16-8/h1-6,15H,7H2,(H,17,18). The van der Waals surface area contributed by atoms with Crippen molar-refractivity contribution in [3.63, 3.8) is 0 Å². The molecule has 0 radical (unpaired) electrons. The second-order valence-electron chi connectivity index (χ2n) is 3.99. The Kier molecular flexibility index (Phi) is 4.51. The number of hydrogen-bond acceptors (Lipinski definition) is 5. The van der Waals surface area contributed by atoms with Gasteiger partial charge in [-0.1, -0.05) is 11.6 Å². The zero-order valence-corrected chi connectivity index (χ0v) is 12.1. The molecule has 1 aromatic carbocycles. The fourth-order valence-electron chi connectivity index (χ4n) is 1.52. The van der Waals surface area contributed by atoms with Gasteiger partial charge in [0.1, 0.15) is 0 Å². The van der Waals surface area contributed by atoms with Crippen molar-refractivity contribution in [2.75, 3.05) is 0 Å². The summed E-state index contributed by atoms with van der Waals surface area (Å²) in [5.74, 6) is -1.23. The molecule has 0 aliphatic carbocycles. The lowest BCUT2D eigenvalue weighted by atomic mass is 10.2. The summed E-state index contributed by atoms with van der Waals surface area (Å²) < 4.78 is 26.5. The van der Waals surface area contributed by atoms with Gasteiger partial charge in [0.2, 0.25) is 10.0 Å². The normalized spacial score (nSPS) is 11.3. The number of sulfonamides is 1. The summed E-state index contributed by atoms with van der Waals surface area (Å²) >= 11 is 5.75. The predicted molar refractivity (Wildman–Crippen MR) is 74.5 cm³/mol. The van der Waals surface area contributed by atoms with E-state index in [4.69, 9.17) is 16.7 Å². The van der Waals surface area contributed by atoms with Gasteiger partial charge in [-0.05, 0) is 30.3 Å². The highest BCUT2D eigenvalue weighted by molar-refractivity contribution is 7.89. The molecule has 0 aliphatic rings. The number of aromatic nitrogens is 2. The molecule has 2 aromatic rings. The largest absolute Gasteiger partial charge is 0.478 e. The third kappa shape index (κ3) is 3.75. The van der Waals surface area contributed by atoms with Crippen molar-refractivity contribution in [3.05, 3.63) is 52.8 Å². The number of aromatic carboxylic acids is 1. The number of carboxylic acids is 1. The molecule has 110 valence electrons. The number of halogens is 1. The quantitative estimate of drug-likeness (QED) is 0.856. The fourth-order valence-corrected chi connectivity index (χ4v) is 2.87. The minimum absolute atomic E-state index is 0.0333. The van der Waals surface area contributed by atoms with Crippen molar-refractivity contribution in [1.82, 2.24) is 14.9 Å².